The van der Waals surface area contributed by atoms with Crippen molar-refractivity contribution in [3.05, 3.63) is 36.9 Å². The first-order chi connectivity index (χ1) is 6.86. The fourth-order valence-electron chi connectivity index (χ4n) is 1.23. The van der Waals surface area contributed by atoms with E-state index in [2.05, 4.69) is 21.4 Å². The maximum Gasteiger partial charge on any atom is 0.115 e. The molecule has 1 rings (SSSR count). The van der Waals surface area contributed by atoms with Crippen molar-refractivity contribution in [2.24, 2.45) is 0 Å². The van der Waals surface area contributed by atoms with Gasteiger partial charge in [0.2, 0.25) is 0 Å². The van der Waals surface area contributed by atoms with E-state index in [9.17, 15) is 0 Å². The zero-order valence-electron chi connectivity index (χ0n) is 8.13. The first kappa shape index (κ1) is 10.8. The number of aliphatic hydroxyl groups is 1. The van der Waals surface area contributed by atoms with Crippen LogP contribution in [-0.4, -0.2) is 39.7 Å². The van der Waals surface area contributed by atoms with E-state index < -0.39 is 0 Å². The standard InChI is InChI=1S/C10H15N3O/c1-2-3-13(4-5-14)8-10-6-11-9-12-7-10/h2,6-7,9,14H,1,3-5,8H2. The van der Waals surface area contributed by atoms with Gasteiger partial charge in [0.15, 0.2) is 0 Å². The number of hydrogen-bond donors (Lipinski definition) is 1. The van der Waals surface area contributed by atoms with Crippen molar-refractivity contribution >= 4 is 0 Å². The summed E-state index contributed by atoms with van der Waals surface area (Å²) in [5.74, 6) is 0. The minimum absolute atomic E-state index is 0.154. The highest BCUT2D eigenvalue weighted by Gasteiger charge is 2.03. The third-order valence-corrected chi connectivity index (χ3v) is 1.82. The second kappa shape index (κ2) is 6.23. The Morgan fingerprint density at radius 1 is 1.43 bits per heavy atom. The SMILES string of the molecule is C=CCN(CCO)Cc1cncnc1. The zero-order chi connectivity index (χ0) is 10.2. The van der Waals surface area contributed by atoms with Crippen LogP contribution >= 0.6 is 0 Å². The lowest BCUT2D eigenvalue weighted by atomic mass is 10.3. The molecule has 1 N–H and O–H groups in total. The molecule has 0 aromatic carbocycles. The highest BCUT2D eigenvalue weighted by Crippen LogP contribution is 2.00. The van der Waals surface area contributed by atoms with E-state index in [0.717, 1.165) is 18.7 Å². The molecule has 0 amide bonds. The van der Waals surface area contributed by atoms with Gasteiger partial charge in [-0.3, -0.25) is 4.90 Å². The fourth-order valence-corrected chi connectivity index (χ4v) is 1.23. The van der Waals surface area contributed by atoms with Gasteiger partial charge < -0.3 is 5.11 Å². The molecule has 14 heavy (non-hydrogen) atoms. The van der Waals surface area contributed by atoms with Crippen molar-refractivity contribution in [3.63, 3.8) is 0 Å². The maximum atomic E-state index is 8.83. The van der Waals surface area contributed by atoms with E-state index >= 15 is 0 Å². The monoisotopic (exact) mass is 193 g/mol. The van der Waals surface area contributed by atoms with Crippen LogP contribution in [0.25, 0.3) is 0 Å². The Morgan fingerprint density at radius 2 is 2.14 bits per heavy atom. The Bertz CT molecular complexity index is 263. The third kappa shape index (κ3) is 3.64. The zero-order valence-corrected chi connectivity index (χ0v) is 8.13. The van der Waals surface area contributed by atoms with Crippen molar-refractivity contribution in [3.8, 4) is 0 Å². The van der Waals surface area contributed by atoms with Gasteiger partial charge in [-0.15, -0.1) is 6.58 Å². The molecule has 0 fully saturated rings. The molecule has 0 aliphatic carbocycles. The average molecular weight is 193 g/mol. The Hall–Kier alpha value is -1.26. The van der Waals surface area contributed by atoms with Crippen LogP contribution in [0.1, 0.15) is 5.56 Å². The van der Waals surface area contributed by atoms with Crippen LogP contribution < -0.4 is 0 Å². The van der Waals surface area contributed by atoms with Crippen molar-refractivity contribution in [1.29, 1.82) is 0 Å². The van der Waals surface area contributed by atoms with Gasteiger partial charge in [0.25, 0.3) is 0 Å². The van der Waals surface area contributed by atoms with Gasteiger partial charge in [-0.05, 0) is 0 Å². The van der Waals surface area contributed by atoms with Crippen molar-refractivity contribution in [2.45, 2.75) is 6.54 Å². The van der Waals surface area contributed by atoms with Gasteiger partial charge in [-0.1, -0.05) is 6.08 Å². The smallest absolute Gasteiger partial charge is 0.115 e. The van der Waals surface area contributed by atoms with E-state index in [4.69, 9.17) is 5.11 Å². The summed E-state index contributed by atoms with van der Waals surface area (Å²) in [6, 6.07) is 0. The Morgan fingerprint density at radius 3 is 2.71 bits per heavy atom. The van der Waals surface area contributed by atoms with Crippen LogP contribution in [0.15, 0.2) is 31.4 Å². The molecule has 0 radical (unpaired) electrons. The molecule has 0 aliphatic heterocycles. The van der Waals surface area contributed by atoms with Gasteiger partial charge in [0.05, 0.1) is 6.61 Å². The summed E-state index contributed by atoms with van der Waals surface area (Å²) in [6.45, 7) is 5.97. The lowest BCUT2D eigenvalue weighted by Gasteiger charge is -2.18. The molecule has 76 valence electrons. The molecular weight excluding hydrogens is 178 g/mol. The lowest BCUT2D eigenvalue weighted by molar-refractivity contribution is 0.203. The Labute approximate surface area is 83.9 Å². The van der Waals surface area contributed by atoms with E-state index in [0.29, 0.717) is 6.54 Å². The largest absolute Gasteiger partial charge is 0.395 e. The highest BCUT2D eigenvalue weighted by molar-refractivity contribution is 5.02. The van der Waals surface area contributed by atoms with Gasteiger partial charge >= 0.3 is 0 Å². The van der Waals surface area contributed by atoms with Gasteiger partial charge in [0, 0.05) is 37.6 Å². The van der Waals surface area contributed by atoms with Gasteiger partial charge in [-0.25, -0.2) is 9.97 Å². The van der Waals surface area contributed by atoms with Crippen molar-refractivity contribution in [2.75, 3.05) is 19.7 Å². The summed E-state index contributed by atoms with van der Waals surface area (Å²) in [4.78, 5) is 9.94. The molecule has 0 bridgehead atoms. The van der Waals surface area contributed by atoms with Crippen molar-refractivity contribution in [1.82, 2.24) is 14.9 Å². The summed E-state index contributed by atoms with van der Waals surface area (Å²) in [5, 5.41) is 8.83. The molecule has 1 aromatic heterocycles. The maximum absolute atomic E-state index is 8.83. The molecule has 4 heteroatoms. The summed E-state index contributed by atoms with van der Waals surface area (Å²) < 4.78 is 0. The molecule has 1 aromatic rings. The summed E-state index contributed by atoms with van der Waals surface area (Å²) in [6.07, 6.45) is 6.88. The minimum Gasteiger partial charge on any atom is -0.395 e. The van der Waals surface area contributed by atoms with Crippen LogP contribution in [0.2, 0.25) is 0 Å². The van der Waals surface area contributed by atoms with E-state index in [1.165, 1.54) is 6.33 Å². The minimum atomic E-state index is 0.154. The van der Waals surface area contributed by atoms with Gasteiger partial charge in [0.1, 0.15) is 6.33 Å². The molecule has 0 unspecified atom stereocenters. The molecule has 0 spiro atoms. The topological polar surface area (TPSA) is 49.2 Å². The number of nitrogens with zero attached hydrogens (tertiary/aromatic N) is 3. The highest BCUT2D eigenvalue weighted by atomic mass is 16.3. The summed E-state index contributed by atoms with van der Waals surface area (Å²) in [7, 11) is 0. The summed E-state index contributed by atoms with van der Waals surface area (Å²) in [5.41, 5.74) is 1.04. The van der Waals surface area contributed by atoms with Crippen LogP contribution in [0.4, 0.5) is 0 Å². The molecular formula is C10H15N3O. The summed E-state index contributed by atoms with van der Waals surface area (Å²) >= 11 is 0. The molecule has 0 atom stereocenters. The normalized spacial score (nSPS) is 10.4. The first-order valence-electron chi connectivity index (χ1n) is 4.55. The predicted molar refractivity (Wildman–Crippen MR) is 54.6 cm³/mol. The fraction of sp³-hybridized carbons (Fsp3) is 0.400. The van der Waals surface area contributed by atoms with Crippen LogP contribution in [0.5, 0.6) is 0 Å². The molecule has 0 saturated carbocycles. The predicted octanol–water partition coefficient (Wildman–Crippen LogP) is 0.457. The molecule has 4 nitrogen and oxygen atoms in total. The number of aromatic nitrogens is 2. The number of aliphatic hydroxyl groups excluding tert-OH is 1. The second-order valence-corrected chi connectivity index (χ2v) is 2.99. The first-order valence-corrected chi connectivity index (χ1v) is 4.55. The van der Waals surface area contributed by atoms with Crippen molar-refractivity contribution < 1.29 is 5.11 Å². The quantitative estimate of drug-likeness (QED) is 0.667. The number of rotatable bonds is 6. The number of hydrogen-bond acceptors (Lipinski definition) is 4. The Balaban J connectivity index is 2.50. The van der Waals surface area contributed by atoms with Gasteiger partial charge in [-0.2, -0.15) is 0 Å². The average Bonchev–Trinajstić information content (AvgIpc) is 2.20. The van der Waals surface area contributed by atoms with Crippen LogP contribution in [0.3, 0.4) is 0 Å². The molecule has 0 saturated heterocycles. The van der Waals surface area contributed by atoms with Crippen LogP contribution in [-0.2, 0) is 6.54 Å². The molecule has 1 heterocycles. The van der Waals surface area contributed by atoms with Crippen LogP contribution in [0, 0.1) is 0 Å². The lowest BCUT2D eigenvalue weighted by Crippen LogP contribution is -2.26. The Kier molecular flexibility index (Phi) is 4.82. The second-order valence-electron chi connectivity index (χ2n) is 2.99. The molecule has 0 aliphatic rings. The van der Waals surface area contributed by atoms with E-state index in [-0.39, 0.29) is 6.61 Å². The van der Waals surface area contributed by atoms with E-state index in [1.807, 2.05) is 6.08 Å². The third-order valence-electron chi connectivity index (χ3n) is 1.82. The van der Waals surface area contributed by atoms with E-state index in [1.54, 1.807) is 12.4 Å².